The van der Waals surface area contributed by atoms with Crippen LogP contribution in [0.15, 0.2) is 42.5 Å². The average molecular weight is 321 g/mol. The van der Waals surface area contributed by atoms with E-state index in [-0.39, 0.29) is 5.38 Å². The van der Waals surface area contributed by atoms with Gasteiger partial charge in [-0.25, -0.2) is 4.98 Å². The molecule has 1 atom stereocenters. The Bertz CT molecular complexity index is 796. The number of hydrogen-bond donors (Lipinski definition) is 0. The molecule has 0 saturated carbocycles. The van der Waals surface area contributed by atoms with Crippen molar-refractivity contribution in [2.75, 3.05) is 7.11 Å². The molecule has 1 unspecified atom stereocenters. The Morgan fingerprint density at radius 2 is 2.00 bits per heavy atom. The zero-order chi connectivity index (χ0) is 15.0. The third-order valence-corrected chi connectivity index (χ3v) is 3.74. The molecule has 1 aromatic heterocycles. The second-order valence-corrected chi connectivity index (χ2v) is 5.85. The molecule has 0 N–H and O–H groups in total. The molecule has 1 heterocycles. The molecule has 0 radical (unpaired) electrons. The van der Waals surface area contributed by atoms with Crippen molar-refractivity contribution in [3.05, 3.63) is 53.3 Å². The minimum atomic E-state index is -0.220. The first-order chi connectivity index (χ1) is 10.1. The third-order valence-electron chi connectivity index (χ3n) is 3.31. The van der Waals surface area contributed by atoms with Crippen LogP contribution in [0.5, 0.6) is 5.75 Å². The number of methoxy groups -OCH3 is 1. The van der Waals surface area contributed by atoms with Crippen molar-refractivity contribution in [1.29, 1.82) is 0 Å². The van der Waals surface area contributed by atoms with Crippen molar-refractivity contribution in [2.24, 2.45) is 0 Å². The molecule has 0 aliphatic heterocycles. The van der Waals surface area contributed by atoms with Crippen molar-refractivity contribution in [1.82, 2.24) is 9.55 Å². The largest absolute Gasteiger partial charge is 0.497 e. The van der Waals surface area contributed by atoms with Crippen LogP contribution in [0.25, 0.3) is 16.7 Å². The van der Waals surface area contributed by atoms with Crippen LogP contribution >= 0.6 is 23.2 Å². The van der Waals surface area contributed by atoms with Crippen LogP contribution < -0.4 is 4.74 Å². The van der Waals surface area contributed by atoms with Crippen molar-refractivity contribution in [3.8, 4) is 11.4 Å². The van der Waals surface area contributed by atoms with Gasteiger partial charge in [0, 0.05) is 16.8 Å². The summed E-state index contributed by atoms with van der Waals surface area (Å²) >= 11 is 12.4. The van der Waals surface area contributed by atoms with E-state index in [0.29, 0.717) is 5.02 Å². The van der Waals surface area contributed by atoms with Crippen LogP contribution in [0, 0.1) is 0 Å². The van der Waals surface area contributed by atoms with E-state index in [1.165, 1.54) is 0 Å². The van der Waals surface area contributed by atoms with Crippen LogP contribution in [0.1, 0.15) is 18.1 Å². The Morgan fingerprint density at radius 1 is 1.19 bits per heavy atom. The number of halogens is 2. The van der Waals surface area contributed by atoms with Crippen molar-refractivity contribution >= 4 is 34.2 Å². The molecule has 0 spiro atoms. The predicted molar refractivity (Wildman–Crippen MR) is 86.9 cm³/mol. The van der Waals surface area contributed by atoms with Crippen molar-refractivity contribution < 1.29 is 4.74 Å². The van der Waals surface area contributed by atoms with E-state index >= 15 is 0 Å². The number of aromatic nitrogens is 2. The van der Waals surface area contributed by atoms with Crippen LogP contribution in [0.2, 0.25) is 5.02 Å². The van der Waals surface area contributed by atoms with E-state index in [9.17, 15) is 0 Å². The van der Waals surface area contributed by atoms with Gasteiger partial charge in [0.15, 0.2) is 0 Å². The summed E-state index contributed by atoms with van der Waals surface area (Å²) in [5, 5.41) is 0.457. The lowest BCUT2D eigenvalue weighted by molar-refractivity contribution is 0.415. The fourth-order valence-corrected chi connectivity index (χ4v) is 2.69. The molecule has 5 heteroatoms. The molecule has 2 aromatic carbocycles. The Labute approximate surface area is 133 Å². The molecule has 0 saturated heterocycles. The Hall–Kier alpha value is -1.71. The van der Waals surface area contributed by atoms with Crippen LogP contribution in [-0.4, -0.2) is 16.7 Å². The highest BCUT2D eigenvalue weighted by atomic mass is 35.5. The number of nitrogens with zero attached hydrogens (tertiary/aromatic N) is 2. The lowest BCUT2D eigenvalue weighted by Gasteiger charge is -2.11. The molecule has 3 aromatic rings. The topological polar surface area (TPSA) is 27.1 Å². The van der Waals surface area contributed by atoms with E-state index in [0.717, 1.165) is 28.3 Å². The minimum Gasteiger partial charge on any atom is -0.497 e. The first kappa shape index (κ1) is 14.2. The number of ether oxygens (including phenoxy) is 1. The summed E-state index contributed by atoms with van der Waals surface area (Å²) in [6.45, 7) is 1.90. The van der Waals surface area contributed by atoms with Gasteiger partial charge in [-0.2, -0.15) is 0 Å². The smallest absolute Gasteiger partial charge is 0.132 e. The average Bonchev–Trinajstić information content (AvgIpc) is 2.85. The molecule has 108 valence electrons. The standard InChI is InChI=1S/C16H14Cl2N2O/c1-10(17)16-19-14-9-13(21-2)6-7-15(14)20(16)12-5-3-4-11(18)8-12/h3-10H,1-2H3. The first-order valence-electron chi connectivity index (χ1n) is 6.56. The number of rotatable bonds is 3. The van der Waals surface area contributed by atoms with Gasteiger partial charge in [0.25, 0.3) is 0 Å². The van der Waals surface area contributed by atoms with Gasteiger partial charge in [0.2, 0.25) is 0 Å². The van der Waals surface area contributed by atoms with E-state index in [2.05, 4.69) is 4.98 Å². The maximum atomic E-state index is 6.30. The number of benzene rings is 2. The molecule has 21 heavy (non-hydrogen) atoms. The monoisotopic (exact) mass is 320 g/mol. The molecule has 0 amide bonds. The molecule has 0 fully saturated rings. The highest BCUT2D eigenvalue weighted by Crippen LogP contribution is 2.30. The van der Waals surface area contributed by atoms with Crippen LogP contribution in [0.3, 0.4) is 0 Å². The van der Waals surface area contributed by atoms with Crippen LogP contribution in [0.4, 0.5) is 0 Å². The van der Waals surface area contributed by atoms with Gasteiger partial charge in [0.05, 0.1) is 23.5 Å². The lowest BCUT2D eigenvalue weighted by Crippen LogP contribution is -2.01. The van der Waals surface area contributed by atoms with E-state index in [1.807, 2.05) is 54.0 Å². The van der Waals surface area contributed by atoms with Gasteiger partial charge < -0.3 is 4.74 Å². The number of hydrogen-bond acceptors (Lipinski definition) is 2. The minimum absolute atomic E-state index is 0.220. The molecule has 3 rings (SSSR count). The first-order valence-corrected chi connectivity index (χ1v) is 7.38. The van der Waals surface area contributed by atoms with E-state index < -0.39 is 0 Å². The predicted octanol–water partition coefficient (Wildman–Crippen LogP) is 4.99. The summed E-state index contributed by atoms with van der Waals surface area (Å²) in [6, 6.07) is 13.4. The third kappa shape index (κ3) is 2.59. The molecular weight excluding hydrogens is 307 g/mol. The number of fused-ring (bicyclic) bond motifs is 1. The van der Waals surface area contributed by atoms with Gasteiger partial charge in [-0.05, 0) is 37.3 Å². The number of imidazole rings is 1. The van der Waals surface area contributed by atoms with Gasteiger partial charge in [-0.15, -0.1) is 11.6 Å². The molecule has 0 bridgehead atoms. The Morgan fingerprint density at radius 3 is 2.67 bits per heavy atom. The summed E-state index contributed by atoms with van der Waals surface area (Å²) in [6.07, 6.45) is 0. The SMILES string of the molecule is COc1ccc2c(c1)nc(C(C)Cl)n2-c1cccc(Cl)c1. The number of alkyl halides is 1. The van der Waals surface area contributed by atoms with Crippen molar-refractivity contribution in [2.45, 2.75) is 12.3 Å². The van der Waals surface area contributed by atoms with Gasteiger partial charge in [-0.1, -0.05) is 17.7 Å². The molecule has 0 aliphatic rings. The maximum absolute atomic E-state index is 6.30. The molecule has 3 nitrogen and oxygen atoms in total. The van der Waals surface area contributed by atoms with Crippen LogP contribution in [-0.2, 0) is 0 Å². The zero-order valence-corrected chi connectivity index (χ0v) is 13.2. The summed E-state index contributed by atoms with van der Waals surface area (Å²) in [4.78, 5) is 4.63. The van der Waals surface area contributed by atoms with Gasteiger partial charge in [-0.3, -0.25) is 4.57 Å². The van der Waals surface area contributed by atoms with Gasteiger partial charge in [0.1, 0.15) is 11.6 Å². The quantitative estimate of drug-likeness (QED) is 0.636. The summed E-state index contributed by atoms with van der Waals surface area (Å²) in [7, 11) is 1.64. The Balaban J connectivity index is 2.31. The summed E-state index contributed by atoms with van der Waals surface area (Å²) < 4.78 is 7.28. The highest BCUT2D eigenvalue weighted by Gasteiger charge is 2.17. The fraction of sp³-hybridized carbons (Fsp3) is 0.188. The Kier molecular flexibility index (Phi) is 3.79. The fourth-order valence-electron chi connectivity index (χ4n) is 2.36. The normalized spacial score (nSPS) is 12.6. The molecule has 0 aliphatic carbocycles. The maximum Gasteiger partial charge on any atom is 0.132 e. The highest BCUT2D eigenvalue weighted by molar-refractivity contribution is 6.30. The second kappa shape index (κ2) is 5.58. The van der Waals surface area contributed by atoms with E-state index in [1.54, 1.807) is 7.11 Å². The van der Waals surface area contributed by atoms with Gasteiger partial charge >= 0.3 is 0 Å². The summed E-state index contributed by atoms with van der Waals surface area (Å²) in [5.41, 5.74) is 2.76. The second-order valence-electron chi connectivity index (χ2n) is 4.76. The van der Waals surface area contributed by atoms with Crippen molar-refractivity contribution in [3.63, 3.8) is 0 Å². The lowest BCUT2D eigenvalue weighted by atomic mass is 10.2. The molecular formula is C16H14Cl2N2O. The zero-order valence-electron chi connectivity index (χ0n) is 11.7. The summed E-state index contributed by atoms with van der Waals surface area (Å²) in [5.74, 6) is 1.55. The van der Waals surface area contributed by atoms with E-state index in [4.69, 9.17) is 27.9 Å².